The first-order valence-corrected chi connectivity index (χ1v) is 5.85. The highest BCUT2D eigenvalue weighted by molar-refractivity contribution is 6.30. The number of hydrogen-bond donors (Lipinski definition) is 1. The van der Waals surface area contributed by atoms with Crippen LogP contribution in [0, 0.1) is 6.92 Å². The lowest BCUT2D eigenvalue weighted by Gasteiger charge is -2.08. The summed E-state index contributed by atoms with van der Waals surface area (Å²) in [6.45, 7) is 1.79. The zero-order chi connectivity index (χ0) is 13.1. The fourth-order valence-corrected chi connectivity index (χ4v) is 1.99. The summed E-state index contributed by atoms with van der Waals surface area (Å²) < 4.78 is 5.25. The highest BCUT2D eigenvalue weighted by Crippen LogP contribution is 2.24. The second kappa shape index (κ2) is 5.23. The van der Waals surface area contributed by atoms with Crippen molar-refractivity contribution in [1.29, 1.82) is 0 Å². The summed E-state index contributed by atoms with van der Waals surface area (Å²) in [6.07, 6.45) is 0.473. The zero-order valence-corrected chi connectivity index (χ0v) is 10.9. The lowest BCUT2D eigenvalue weighted by Crippen LogP contribution is -2.11. The third kappa shape index (κ3) is 2.90. The van der Waals surface area contributed by atoms with Crippen molar-refractivity contribution in [1.82, 2.24) is 9.97 Å². The lowest BCUT2D eigenvalue weighted by molar-refractivity contribution is 0.410. The summed E-state index contributed by atoms with van der Waals surface area (Å²) in [5, 5.41) is 0.626. The van der Waals surface area contributed by atoms with Gasteiger partial charge in [-0.2, -0.15) is 0 Å². The normalized spacial score (nSPS) is 10.4. The Hall–Kier alpha value is -1.81. The standard InChI is InChI=1S/C13H13ClN2O2/c1-8-5-13(17)16-12(15-8)7-9-6-10(14)3-4-11(9)18-2/h3-6H,7H2,1-2H3,(H,15,16,17). The van der Waals surface area contributed by atoms with Crippen molar-refractivity contribution in [3.05, 3.63) is 56.7 Å². The van der Waals surface area contributed by atoms with E-state index in [4.69, 9.17) is 16.3 Å². The summed E-state index contributed by atoms with van der Waals surface area (Å²) in [7, 11) is 1.60. The molecule has 0 atom stereocenters. The molecule has 0 aliphatic heterocycles. The molecule has 0 bridgehead atoms. The van der Waals surface area contributed by atoms with E-state index in [1.54, 1.807) is 26.2 Å². The van der Waals surface area contributed by atoms with Crippen LogP contribution >= 0.6 is 11.6 Å². The molecule has 94 valence electrons. The molecule has 1 aromatic carbocycles. The second-order valence-corrected chi connectivity index (χ2v) is 4.40. The van der Waals surface area contributed by atoms with Crippen molar-refractivity contribution in [3.63, 3.8) is 0 Å². The molecule has 2 rings (SSSR count). The van der Waals surface area contributed by atoms with E-state index < -0.39 is 0 Å². The largest absolute Gasteiger partial charge is 0.496 e. The number of nitrogens with zero attached hydrogens (tertiary/aromatic N) is 1. The molecule has 0 saturated heterocycles. The molecule has 2 aromatic rings. The summed E-state index contributed by atoms with van der Waals surface area (Å²) in [6, 6.07) is 6.82. The smallest absolute Gasteiger partial charge is 0.251 e. The molecule has 0 spiro atoms. The average molecular weight is 265 g/mol. The van der Waals surface area contributed by atoms with Crippen LogP contribution in [0.1, 0.15) is 17.1 Å². The van der Waals surface area contributed by atoms with E-state index in [0.29, 0.717) is 23.0 Å². The maximum atomic E-state index is 11.4. The fraction of sp³-hybridized carbons (Fsp3) is 0.231. The first-order valence-electron chi connectivity index (χ1n) is 5.48. The van der Waals surface area contributed by atoms with Crippen LogP contribution in [0.25, 0.3) is 0 Å². The van der Waals surface area contributed by atoms with Crippen LogP contribution < -0.4 is 10.3 Å². The number of nitrogens with one attached hydrogen (secondary N) is 1. The molecule has 1 N–H and O–H groups in total. The number of benzene rings is 1. The quantitative estimate of drug-likeness (QED) is 0.926. The molecular formula is C13H13ClN2O2. The van der Waals surface area contributed by atoms with Gasteiger partial charge in [-0.3, -0.25) is 4.79 Å². The maximum absolute atomic E-state index is 11.4. The number of aromatic amines is 1. The minimum Gasteiger partial charge on any atom is -0.496 e. The molecule has 0 saturated carbocycles. The van der Waals surface area contributed by atoms with Gasteiger partial charge >= 0.3 is 0 Å². The predicted molar refractivity (Wildman–Crippen MR) is 70.4 cm³/mol. The third-order valence-electron chi connectivity index (χ3n) is 2.52. The van der Waals surface area contributed by atoms with Gasteiger partial charge in [-0.15, -0.1) is 0 Å². The molecule has 5 heteroatoms. The van der Waals surface area contributed by atoms with Gasteiger partial charge < -0.3 is 9.72 Å². The monoisotopic (exact) mass is 264 g/mol. The Labute approximate surface area is 110 Å². The maximum Gasteiger partial charge on any atom is 0.251 e. The SMILES string of the molecule is COc1ccc(Cl)cc1Cc1nc(C)cc(=O)[nH]1. The topological polar surface area (TPSA) is 55.0 Å². The van der Waals surface area contributed by atoms with Crippen molar-refractivity contribution in [2.75, 3.05) is 7.11 Å². The van der Waals surface area contributed by atoms with Gasteiger partial charge in [-0.25, -0.2) is 4.98 Å². The molecule has 0 unspecified atom stereocenters. The van der Waals surface area contributed by atoms with Gasteiger partial charge in [0, 0.05) is 28.8 Å². The summed E-state index contributed by atoms with van der Waals surface area (Å²) in [5.74, 6) is 1.32. The molecule has 4 nitrogen and oxygen atoms in total. The van der Waals surface area contributed by atoms with Crippen LogP contribution in [0.2, 0.25) is 5.02 Å². The van der Waals surface area contributed by atoms with Crippen LogP contribution in [0.15, 0.2) is 29.1 Å². The summed E-state index contributed by atoms with van der Waals surface area (Å²) in [5.41, 5.74) is 1.42. The second-order valence-electron chi connectivity index (χ2n) is 3.97. The molecule has 0 radical (unpaired) electrons. The Morgan fingerprint density at radius 1 is 1.39 bits per heavy atom. The Bertz CT molecular complexity index is 623. The van der Waals surface area contributed by atoms with Gasteiger partial charge in [0.2, 0.25) is 0 Å². The lowest BCUT2D eigenvalue weighted by atomic mass is 10.1. The highest BCUT2D eigenvalue weighted by Gasteiger charge is 2.07. The van der Waals surface area contributed by atoms with Crippen LogP contribution in [0.5, 0.6) is 5.75 Å². The van der Waals surface area contributed by atoms with E-state index in [1.165, 1.54) is 6.07 Å². The number of aryl methyl sites for hydroxylation is 1. The predicted octanol–water partition coefficient (Wildman–Crippen LogP) is 2.33. The number of methoxy groups -OCH3 is 1. The van der Waals surface area contributed by atoms with Gasteiger partial charge in [-0.1, -0.05) is 11.6 Å². The molecule has 0 fully saturated rings. The van der Waals surface area contributed by atoms with Gasteiger partial charge in [-0.05, 0) is 25.1 Å². The van der Waals surface area contributed by atoms with Gasteiger partial charge in [0.15, 0.2) is 0 Å². The minimum absolute atomic E-state index is 0.154. The number of ether oxygens (including phenoxy) is 1. The van der Waals surface area contributed by atoms with Crippen LogP contribution in [-0.2, 0) is 6.42 Å². The zero-order valence-electron chi connectivity index (χ0n) is 10.2. The van der Waals surface area contributed by atoms with E-state index in [1.807, 2.05) is 6.07 Å². The van der Waals surface area contributed by atoms with Crippen molar-refractivity contribution in [2.24, 2.45) is 0 Å². The van der Waals surface area contributed by atoms with Crippen molar-refractivity contribution < 1.29 is 4.74 Å². The van der Waals surface area contributed by atoms with Gasteiger partial charge in [0.05, 0.1) is 7.11 Å². The van der Waals surface area contributed by atoms with Crippen LogP contribution in [0.4, 0.5) is 0 Å². The van der Waals surface area contributed by atoms with Crippen LogP contribution in [0.3, 0.4) is 0 Å². The molecule has 18 heavy (non-hydrogen) atoms. The molecule has 0 aliphatic rings. The number of halogens is 1. The summed E-state index contributed by atoms with van der Waals surface area (Å²) >= 11 is 5.95. The summed E-state index contributed by atoms with van der Waals surface area (Å²) in [4.78, 5) is 18.4. The van der Waals surface area contributed by atoms with Gasteiger partial charge in [0.1, 0.15) is 11.6 Å². The Morgan fingerprint density at radius 2 is 2.17 bits per heavy atom. The molecular weight excluding hydrogens is 252 g/mol. The average Bonchev–Trinajstić information content (AvgIpc) is 2.27. The van der Waals surface area contributed by atoms with Gasteiger partial charge in [0.25, 0.3) is 5.56 Å². The van der Waals surface area contributed by atoms with Crippen molar-refractivity contribution in [3.8, 4) is 5.75 Å². The number of hydrogen-bond acceptors (Lipinski definition) is 3. The van der Waals surface area contributed by atoms with Crippen molar-refractivity contribution >= 4 is 11.6 Å². The highest BCUT2D eigenvalue weighted by atomic mass is 35.5. The molecule has 1 aromatic heterocycles. The Morgan fingerprint density at radius 3 is 2.83 bits per heavy atom. The molecule has 0 amide bonds. The molecule has 1 heterocycles. The van der Waals surface area contributed by atoms with E-state index in [-0.39, 0.29) is 5.56 Å². The van der Waals surface area contributed by atoms with E-state index in [2.05, 4.69) is 9.97 Å². The number of rotatable bonds is 3. The number of H-pyrrole nitrogens is 1. The third-order valence-corrected chi connectivity index (χ3v) is 2.75. The van der Waals surface area contributed by atoms with E-state index in [0.717, 1.165) is 11.3 Å². The Kier molecular flexibility index (Phi) is 3.67. The molecule has 0 aliphatic carbocycles. The first kappa shape index (κ1) is 12.6. The fourth-order valence-electron chi connectivity index (χ4n) is 1.79. The van der Waals surface area contributed by atoms with Crippen LogP contribution in [-0.4, -0.2) is 17.1 Å². The minimum atomic E-state index is -0.154. The van der Waals surface area contributed by atoms with E-state index in [9.17, 15) is 4.79 Å². The van der Waals surface area contributed by atoms with E-state index >= 15 is 0 Å². The number of aromatic nitrogens is 2. The first-order chi connectivity index (χ1) is 8.58. The van der Waals surface area contributed by atoms with Crippen molar-refractivity contribution in [2.45, 2.75) is 13.3 Å². The Balaban J connectivity index is 2.38.